The number of carbonyl (C=O) groups is 1. The van der Waals surface area contributed by atoms with E-state index in [-0.39, 0.29) is 23.8 Å². The summed E-state index contributed by atoms with van der Waals surface area (Å²) in [6.45, 7) is 6.30. The Morgan fingerprint density at radius 2 is 1.88 bits per heavy atom. The molecule has 2 atom stereocenters. The molecule has 1 aromatic heterocycles. The fraction of sp³-hybridized carbons (Fsp3) is 0.389. The molecular formula is C18H20BrFN2O2. The first kappa shape index (κ1) is 17.2. The average Bonchev–Trinajstić information content (AvgIpc) is 2.98. The molecule has 0 aliphatic carbocycles. The van der Waals surface area contributed by atoms with Crippen LogP contribution in [0.2, 0.25) is 0 Å². The minimum atomic E-state index is -0.222. The molecule has 2 heterocycles. The van der Waals surface area contributed by atoms with Crippen LogP contribution < -0.4 is 0 Å². The number of benzene rings is 1. The van der Waals surface area contributed by atoms with Gasteiger partial charge in [-0.05, 0) is 59.6 Å². The van der Waals surface area contributed by atoms with Crippen molar-refractivity contribution in [3.8, 4) is 0 Å². The summed E-state index contributed by atoms with van der Waals surface area (Å²) >= 11 is 3.23. The Hall–Kier alpha value is -1.66. The molecule has 1 aliphatic rings. The number of nitrogens with zero attached hydrogens (tertiary/aromatic N) is 2. The first-order chi connectivity index (χ1) is 11.4. The molecule has 0 saturated carbocycles. The van der Waals surface area contributed by atoms with Gasteiger partial charge >= 0.3 is 0 Å². The van der Waals surface area contributed by atoms with Crippen molar-refractivity contribution in [3.05, 3.63) is 58.2 Å². The molecule has 0 spiro atoms. The predicted molar refractivity (Wildman–Crippen MR) is 93.2 cm³/mol. The van der Waals surface area contributed by atoms with Crippen LogP contribution >= 0.6 is 15.9 Å². The molecule has 1 fully saturated rings. The lowest BCUT2D eigenvalue weighted by Crippen LogP contribution is -2.57. The molecule has 1 aromatic carbocycles. The van der Waals surface area contributed by atoms with Gasteiger partial charge in [0.05, 0.1) is 0 Å². The van der Waals surface area contributed by atoms with Gasteiger partial charge in [0.1, 0.15) is 5.82 Å². The van der Waals surface area contributed by atoms with E-state index in [0.29, 0.717) is 17.0 Å². The minimum Gasteiger partial charge on any atom is -0.444 e. The minimum absolute atomic E-state index is 0.0815. The Balaban J connectivity index is 1.67. The summed E-state index contributed by atoms with van der Waals surface area (Å²) in [5.41, 5.74) is 1.07. The predicted octanol–water partition coefficient (Wildman–Crippen LogP) is 3.92. The molecule has 128 valence electrons. The summed E-state index contributed by atoms with van der Waals surface area (Å²) in [7, 11) is 0. The normalized spacial score (nSPS) is 21.9. The van der Waals surface area contributed by atoms with Crippen LogP contribution in [-0.2, 0) is 6.54 Å². The SMILES string of the molecule is C[C@H]1CN(C(=O)c2ccc(Br)o2)[C@@H](C)CN1Cc1ccc(F)cc1. The molecule has 2 aromatic rings. The number of piperazine rings is 1. The molecule has 1 saturated heterocycles. The van der Waals surface area contributed by atoms with Crippen molar-refractivity contribution < 1.29 is 13.6 Å². The maximum Gasteiger partial charge on any atom is 0.289 e. The molecule has 0 radical (unpaired) electrons. The first-order valence-electron chi connectivity index (χ1n) is 7.99. The number of hydrogen-bond acceptors (Lipinski definition) is 3. The Labute approximate surface area is 149 Å². The summed E-state index contributed by atoms with van der Waals surface area (Å²) in [5.74, 6) is 0.0505. The summed E-state index contributed by atoms with van der Waals surface area (Å²) in [6.07, 6.45) is 0. The third-order valence-electron chi connectivity index (χ3n) is 4.46. The highest BCUT2D eigenvalue weighted by Crippen LogP contribution is 2.22. The number of hydrogen-bond donors (Lipinski definition) is 0. The van der Waals surface area contributed by atoms with Gasteiger partial charge in [-0.1, -0.05) is 12.1 Å². The highest BCUT2D eigenvalue weighted by molar-refractivity contribution is 9.10. The van der Waals surface area contributed by atoms with Gasteiger partial charge < -0.3 is 9.32 Å². The molecule has 0 bridgehead atoms. The summed E-state index contributed by atoms with van der Waals surface area (Å²) in [6, 6.07) is 10.3. The number of rotatable bonds is 3. The van der Waals surface area contributed by atoms with Crippen molar-refractivity contribution in [1.82, 2.24) is 9.80 Å². The van der Waals surface area contributed by atoms with Gasteiger partial charge in [0.2, 0.25) is 0 Å². The fourth-order valence-corrected chi connectivity index (χ4v) is 3.40. The maximum absolute atomic E-state index is 13.0. The molecule has 0 unspecified atom stereocenters. The van der Waals surface area contributed by atoms with E-state index in [1.165, 1.54) is 12.1 Å². The number of halogens is 2. The first-order valence-corrected chi connectivity index (χ1v) is 8.78. The van der Waals surface area contributed by atoms with E-state index < -0.39 is 0 Å². The molecular weight excluding hydrogens is 375 g/mol. The highest BCUT2D eigenvalue weighted by atomic mass is 79.9. The molecule has 4 nitrogen and oxygen atoms in total. The lowest BCUT2D eigenvalue weighted by atomic mass is 10.1. The van der Waals surface area contributed by atoms with Crippen LogP contribution in [0.1, 0.15) is 30.0 Å². The lowest BCUT2D eigenvalue weighted by molar-refractivity contribution is 0.0266. The number of amides is 1. The van der Waals surface area contributed by atoms with Crippen molar-refractivity contribution in [3.63, 3.8) is 0 Å². The molecule has 6 heteroatoms. The Morgan fingerprint density at radius 3 is 2.50 bits per heavy atom. The Bertz CT molecular complexity index is 716. The summed E-state index contributed by atoms with van der Waals surface area (Å²) < 4.78 is 19.0. The topological polar surface area (TPSA) is 36.7 Å². The average molecular weight is 395 g/mol. The summed E-state index contributed by atoms with van der Waals surface area (Å²) in [5, 5.41) is 0. The number of carbonyl (C=O) groups excluding carboxylic acids is 1. The van der Waals surface area contributed by atoms with E-state index in [1.807, 2.05) is 24.0 Å². The molecule has 1 aliphatic heterocycles. The zero-order chi connectivity index (χ0) is 17.3. The Morgan fingerprint density at radius 1 is 1.17 bits per heavy atom. The lowest BCUT2D eigenvalue weighted by Gasteiger charge is -2.43. The Kier molecular flexibility index (Phi) is 5.06. The second-order valence-electron chi connectivity index (χ2n) is 6.32. The van der Waals surface area contributed by atoms with Crippen molar-refractivity contribution in [2.75, 3.05) is 13.1 Å². The van der Waals surface area contributed by atoms with Gasteiger partial charge in [-0.3, -0.25) is 9.69 Å². The van der Waals surface area contributed by atoms with E-state index in [2.05, 4.69) is 27.8 Å². The van der Waals surface area contributed by atoms with Gasteiger partial charge in [0.15, 0.2) is 10.4 Å². The van der Waals surface area contributed by atoms with E-state index in [4.69, 9.17) is 4.42 Å². The smallest absolute Gasteiger partial charge is 0.289 e. The second-order valence-corrected chi connectivity index (χ2v) is 7.10. The third-order valence-corrected chi connectivity index (χ3v) is 4.89. The zero-order valence-corrected chi connectivity index (χ0v) is 15.3. The number of furan rings is 1. The largest absolute Gasteiger partial charge is 0.444 e. The summed E-state index contributed by atoms with van der Waals surface area (Å²) in [4.78, 5) is 16.8. The van der Waals surface area contributed by atoms with Crippen LogP contribution in [0, 0.1) is 5.82 Å². The van der Waals surface area contributed by atoms with Crippen LogP contribution in [0.3, 0.4) is 0 Å². The van der Waals surface area contributed by atoms with Crippen molar-refractivity contribution in [2.24, 2.45) is 0 Å². The zero-order valence-electron chi connectivity index (χ0n) is 13.7. The van der Waals surface area contributed by atoms with Gasteiger partial charge in [-0.2, -0.15) is 0 Å². The monoisotopic (exact) mass is 394 g/mol. The van der Waals surface area contributed by atoms with E-state index in [1.54, 1.807) is 12.1 Å². The van der Waals surface area contributed by atoms with E-state index >= 15 is 0 Å². The van der Waals surface area contributed by atoms with E-state index in [9.17, 15) is 9.18 Å². The van der Waals surface area contributed by atoms with Crippen molar-refractivity contribution >= 4 is 21.8 Å². The van der Waals surface area contributed by atoms with Gasteiger partial charge in [-0.15, -0.1) is 0 Å². The molecule has 0 N–H and O–H groups in total. The highest BCUT2D eigenvalue weighted by Gasteiger charge is 2.33. The third kappa shape index (κ3) is 3.70. The van der Waals surface area contributed by atoms with Crippen LogP contribution in [0.25, 0.3) is 0 Å². The van der Waals surface area contributed by atoms with Gasteiger partial charge in [-0.25, -0.2) is 4.39 Å². The van der Waals surface area contributed by atoms with Crippen molar-refractivity contribution in [1.29, 1.82) is 0 Å². The van der Waals surface area contributed by atoms with Crippen LogP contribution in [0.15, 0.2) is 45.5 Å². The second kappa shape index (κ2) is 7.07. The quantitative estimate of drug-likeness (QED) is 0.791. The van der Waals surface area contributed by atoms with Gasteiger partial charge in [0.25, 0.3) is 5.91 Å². The fourth-order valence-electron chi connectivity index (χ4n) is 3.10. The molecule has 3 rings (SSSR count). The van der Waals surface area contributed by atoms with Crippen LogP contribution in [0.4, 0.5) is 4.39 Å². The van der Waals surface area contributed by atoms with Gasteiger partial charge in [0, 0.05) is 31.7 Å². The standard InChI is InChI=1S/C18H20BrFN2O2/c1-12-10-22(18(23)16-7-8-17(19)24-16)13(2)9-21(12)11-14-3-5-15(20)6-4-14/h3-8,12-13H,9-11H2,1-2H3/t12-,13-/m0/s1. The molecule has 24 heavy (non-hydrogen) atoms. The van der Waals surface area contributed by atoms with Crippen molar-refractivity contribution in [2.45, 2.75) is 32.5 Å². The van der Waals surface area contributed by atoms with Crippen LogP contribution in [-0.4, -0.2) is 40.9 Å². The molecule has 1 amide bonds. The van der Waals surface area contributed by atoms with E-state index in [0.717, 1.165) is 18.7 Å². The maximum atomic E-state index is 13.0. The van der Waals surface area contributed by atoms with Crippen LogP contribution in [0.5, 0.6) is 0 Å².